The molecule has 10 aromatic heterocycles. The monoisotopic (exact) mass is 2050 g/mol. The summed E-state index contributed by atoms with van der Waals surface area (Å²) in [6.45, 7) is 28.8. The second kappa shape index (κ2) is 55.7. The van der Waals surface area contributed by atoms with Gasteiger partial charge in [-0.05, 0) is 166 Å². The van der Waals surface area contributed by atoms with Crippen LogP contribution < -0.4 is 75.9 Å². The molecule has 1 aromatic carbocycles. The Kier molecular flexibility index (Phi) is 47.2. The fourth-order valence-electron chi connectivity index (χ4n) is 10.5. The zero-order valence-electron chi connectivity index (χ0n) is 75.5. The Hall–Kier alpha value is -13.4. The number of aromatic nitrogens is 10. The van der Waals surface area contributed by atoms with E-state index < -0.39 is 66.9 Å². The van der Waals surface area contributed by atoms with Crippen molar-refractivity contribution in [3.8, 4) is 70.5 Å². The summed E-state index contributed by atoms with van der Waals surface area (Å²) in [4.78, 5) is 85.4. The molecule has 13 rings (SSSR count). The maximum absolute atomic E-state index is 13.4. The van der Waals surface area contributed by atoms with Crippen LogP contribution in [-0.4, -0.2) is 124 Å². The summed E-state index contributed by atoms with van der Waals surface area (Å²) in [6, 6.07) is 27.6. The number of carbonyl (C=O) groups excluding carboxylic acids is 5. The highest BCUT2D eigenvalue weighted by atomic mass is 35.5. The summed E-state index contributed by atoms with van der Waals surface area (Å²) in [5, 5.41) is 67.1. The number of anilines is 4. The van der Waals surface area contributed by atoms with E-state index in [0.717, 1.165) is 142 Å². The van der Waals surface area contributed by atoms with Crippen molar-refractivity contribution in [3.63, 3.8) is 0 Å². The average molecular weight is 2050 g/mol. The predicted octanol–water partition coefficient (Wildman–Crippen LogP) is 12.0. The molecular weight excluding hydrogens is 1960 g/mol. The van der Waals surface area contributed by atoms with Crippen molar-refractivity contribution in [2.24, 2.45) is 0 Å². The maximum Gasteiger partial charge on any atom is 0.430 e. The Labute approximate surface area is 808 Å². The number of carboxylic acids is 5. The Bertz CT molecular complexity index is 5950. The molecule has 2 fully saturated rings. The molecule has 3 unspecified atom stereocenters. The van der Waals surface area contributed by atoms with E-state index in [4.69, 9.17) is 61.1 Å². The second-order valence-electron chi connectivity index (χ2n) is 29.6. The van der Waals surface area contributed by atoms with Crippen molar-refractivity contribution in [1.82, 2.24) is 19.9 Å². The third-order valence-corrected chi connectivity index (χ3v) is 22.2. The van der Waals surface area contributed by atoms with Gasteiger partial charge >= 0.3 is 30.9 Å². The number of thiazole rings is 5. The number of hydrogen-bond donors (Lipinski definition) is 2. The van der Waals surface area contributed by atoms with Crippen molar-refractivity contribution in [2.45, 2.75) is 189 Å². The Morgan fingerprint density at radius 3 is 1.17 bits per heavy atom. The number of rotatable bonds is 9. The van der Waals surface area contributed by atoms with Gasteiger partial charge < -0.3 is 59.3 Å². The first-order valence-electron chi connectivity index (χ1n) is 40.6. The number of aryl methyl sites for hydroxylation is 5. The Balaban J connectivity index is 0.000000331. The van der Waals surface area contributed by atoms with Crippen LogP contribution in [-0.2, 0) is 24.0 Å². The molecule has 0 spiro atoms. The van der Waals surface area contributed by atoms with Crippen LogP contribution in [0.5, 0.6) is 0 Å². The highest BCUT2D eigenvalue weighted by Gasteiger charge is 2.33. The van der Waals surface area contributed by atoms with Crippen molar-refractivity contribution in [3.05, 3.63) is 229 Å². The molecule has 0 bridgehead atoms. The Morgan fingerprint density at radius 1 is 0.486 bits per heavy atom. The van der Waals surface area contributed by atoms with Crippen molar-refractivity contribution in [1.29, 1.82) is 0 Å². The summed E-state index contributed by atoms with van der Waals surface area (Å²) in [5.41, 5.74) is 12.4. The molecule has 8 N–H and O–H groups in total. The SMILES string of the molecule is CCC(C)(C)Nc1ccc(C#Cc2csc(C)n2)c[nH+]1.CC[C@H](C)Nc1ccc(C#Cc2csc(C)[nH+]2)c[nH+]1.Cc1[nH+]c(C#Cc2ccc(N3C(C)CCC3C)nc2)cs1.Cc1[nH+]c(C#Cc2ccc(N3CCCC(F)C3)nc2)cs1.Cc1nc(C#Cc2ccc(-c3cccc(Cl)c3C)[nH+]c2)cs1.O=C([O-])C(F)(F)F.O=C([O-])C(F)(F)F.O=C([O-])C(F)(F)F.O=C([O-])C(F)(F)F.O=C([O-])C(F)(F)F. The summed E-state index contributed by atoms with van der Waals surface area (Å²) >= 11 is 14.4. The maximum atomic E-state index is 13.4. The molecule has 0 radical (unpaired) electrons. The van der Waals surface area contributed by atoms with Gasteiger partial charge in [-0.25, -0.2) is 39.3 Å². The van der Waals surface area contributed by atoms with Gasteiger partial charge in [0.05, 0.1) is 66.5 Å². The van der Waals surface area contributed by atoms with Gasteiger partial charge in [0.25, 0.3) is 28.7 Å². The number of aromatic amines is 6. The molecule has 46 heteroatoms. The normalized spacial score (nSPS) is 13.6. The molecule has 736 valence electrons. The van der Waals surface area contributed by atoms with Gasteiger partial charge in [-0.1, -0.05) is 95.1 Å². The lowest BCUT2D eigenvalue weighted by atomic mass is 10.0. The number of H-pyrrole nitrogens is 6. The van der Waals surface area contributed by atoms with Gasteiger partial charge in [0.1, 0.15) is 71.4 Å². The smallest absolute Gasteiger partial charge is 0.430 e. The van der Waals surface area contributed by atoms with E-state index in [1.807, 2.05) is 159 Å². The highest BCUT2D eigenvalue weighted by molar-refractivity contribution is 7.10. The third kappa shape index (κ3) is 45.5. The molecule has 0 aliphatic carbocycles. The minimum absolute atomic E-state index is 0.0851. The van der Waals surface area contributed by atoms with Crippen LogP contribution in [0.1, 0.15) is 174 Å². The first-order chi connectivity index (χ1) is 64.3. The van der Waals surface area contributed by atoms with E-state index in [9.17, 15) is 70.2 Å². The lowest BCUT2D eigenvalue weighted by Crippen LogP contribution is -2.37. The van der Waals surface area contributed by atoms with Gasteiger partial charge in [-0.2, -0.15) is 80.8 Å². The largest absolute Gasteiger partial charge is 0.542 e. The highest BCUT2D eigenvalue weighted by Crippen LogP contribution is 2.30. The fourth-order valence-corrected chi connectivity index (χ4v) is 13.5. The van der Waals surface area contributed by atoms with Gasteiger partial charge in [0.15, 0.2) is 6.20 Å². The van der Waals surface area contributed by atoms with E-state index >= 15 is 0 Å². The number of alkyl halides is 16. The average Bonchev–Trinajstić information content (AvgIpc) is 1.62. The number of hydrogen-bond acceptors (Lipinski definition) is 23. The molecule has 12 heterocycles. The van der Waals surface area contributed by atoms with Crippen molar-refractivity contribution < 1.29 is 150 Å². The quantitative estimate of drug-likeness (QED) is 0.100. The molecule has 2 aliphatic rings. The molecule has 2 aliphatic heterocycles. The van der Waals surface area contributed by atoms with Gasteiger partial charge in [0.2, 0.25) is 20.7 Å². The summed E-state index contributed by atoms with van der Waals surface area (Å²) in [7, 11) is 0. The number of carbonyl (C=O) groups is 5. The fraction of sp³-hybridized carbons (Fsp3) is 0.337. The standard InChI is InChI=1S/C18H13ClN2S.C17H19N3S.C16H16FN3S.C16H19N3S.C15H17N3S.5C2HF3O2/c1-12-16(4-3-5-17(12)19)18-9-7-14(10-20-18)6-8-15-11-22-13(2)21-15;1-12-4-5-13(2)20(12)17-9-7-15(10-18-17)6-8-16-11-21-14(3)19-16;1-12-19-15(11-21-12)6-4-13-5-7-16(18-9-13)20-8-2-3-14(17)10-20;1-5-16(3,4)19-15-9-7-13(10-17-15)6-8-14-11-20-12(2)18-14;1-4-11(2)17-15-8-6-13(9-16-15)5-7-14-10-19-12(3)18-14;5*3-2(4,5)1(6)7/h3-5,7,9-11H,1-2H3;7,9-13H,4-5H2,1-3H3;5,7,9,11,14H,2-3,8,10H2,1H3;7,9-11H,5H2,1-4H3,(H,17,19);6,8-11H,4H2,1-3H3,(H,16,17);5*(H,6,7)/p+1/t;;;;11-;;;;;/m....0...../s1. The molecular formula is C92H90ClF16N14O10S5+. The molecule has 24 nitrogen and oxygen atoms in total. The number of halogens is 17. The second-order valence-corrected chi connectivity index (χ2v) is 35.3. The number of carboxylic acid groups (broad SMARTS) is 5. The molecule has 4 atom stereocenters. The first-order valence-corrected chi connectivity index (χ1v) is 45.3. The number of aliphatic carboxylic acids is 5. The van der Waals surface area contributed by atoms with Crippen LogP contribution in [0.15, 0.2) is 137 Å². The topological polar surface area (TPSA) is 368 Å². The third-order valence-electron chi connectivity index (χ3n) is 17.8. The van der Waals surface area contributed by atoms with Crippen LogP contribution in [0.4, 0.5) is 93.5 Å². The number of pyridine rings is 5. The zero-order valence-corrected chi connectivity index (χ0v) is 80.3. The van der Waals surface area contributed by atoms with E-state index in [2.05, 4.69) is 191 Å². The minimum Gasteiger partial charge on any atom is -0.542 e. The van der Waals surface area contributed by atoms with Crippen LogP contribution in [0.3, 0.4) is 0 Å². The van der Waals surface area contributed by atoms with Gasteiger partial charge in [0, 0.05) is 115 Å². The van der Waals surface area contributed by atoms with Gasteiger partial charge in [-0.15, -0.1) is 22.7 Å². The number of nitrogens with zero attached hydrogens (tertiary/aromatic N) is 6. The zero-order chi connectivity index (χ0) is 104. The number of piperidine rings is 1. The molecule has 0 saturated carbocycles. The van der Waals surface area contributed by atoms with Crippen molar-refractivity contribution in [2.75, 3.05) is 33.5 Å². The van der Waals surface area contributed by atoms with E-state index in [-0.39, 0.29) is 5.54 Å². The van der Waals surface area contributed by atoms with Crippen LogP contribution in [0.2, 0.25) is 5.02 Å². The lowest BCUT2D eigenvalue weighted by molar-refractivity contribution is -0.383. The van der Waals surface area contributed by atoms with E-state index in [1.54, 1.807) is 62.9 Å². The summed E-state index contributed by atoms with van der Waals surface area (Å²) in [6.07, 6.45) is -11.1. The number of nitrogens with one attached hydrogen (secondary N) is 8. The summed E-state index contributed by atoms with van der Waals surface area (Å²) in [5.74, 6) is 20.0. The molecule has 11 aromatic rings. The predicted molar refractivity (Wildman–Crippen MR) is 477 cm³/mol. The van der Waals surface area contributed by atoms with E-state index in [0.29, 0.717) is 31.1 Å². The van der Waals surface area contributed by atoms with Crippen LogP contribution in [0, 0.1) is 101 Å². The van der Waals surface area contributed by atoms with Crippen LogP contribution >= 0.6 is 68.3 Å². The minimum atomic E-state index is -5.19. The lowest BCUT2D eigenvalue weighted by Gasteiger charge is -2.29. The molecule has 138 heavy (non-hydrogen) atoms. The summed E-state index contributed by atoms with van der Waals surface area (Å²) < 4.78 is 171. The van der Waals surface area contributed by atoms with E-state index in [1.165, 1.54) is 22.9 Å². The van der Waals surface area contributed by atoms with Crippen molar-refractivity contribution >= 4 is 121 Å². The number of benzene rings is 1. The van der Waals surface area contributed by atoms with Crippen LogP contribution in [0.25, 0.3) is 11.3 Å². The molecule has 2 saturated heterocycles. The Morgan fingerprint density at radius 2 is 0.855 bits per heavy atom. The first kappa shape index (κ1) is 117. The molecule has 0 amide bonds. The van der Waals surface area contributed by atoms with Gasteiger partial charge in [-0.3, -0.25) is 10.6 Å².